The summed E-state index contributed by atoms with van der Waals surface area (Å²) in [6, 6.07) is 10.9. The molecule has 6 nitrogen and oxygen atoms in total. The SMILES string of the molecule is COc1ccc(Br)cc1CCc1c(F)cccc1C(=O)Nc1ncc(CCN2CCCCC2C)[nH]1. The smallest absolute Gasteiger partial charge is 0.258 e. The molecule has 1 fully saturated rings. The summed E-state index contributed by atoms with van der Waals surface area (Å²) in [6.45, 7) is 4.37. The molecule has 1 aliphatic heterocycles. The number of anilines is 1. The van der Waals surface area contributed by atoms with Gasteiger partial charge in [0.1, 0.15) is 11.6 Å². The van der Waals surface area contributed by atoms with E-state index in [2.05, 4.69) is 43.0 Å². The normalized spacial score (nSPS) is 16.3. The molecule has 35 heavy (non-hydrogen) atoms. The summed E-state index contributed by atoms with van der Waals surface area (Å²) in [5, 5.41) is 2.80. The predicted molar refractivity (Wildman–Crippen MR) is 140 cm³/mol. The summed E-state index contributed by atoms with van der Waals surface area (Å²) in [5.41, 5.74) is 2.59. The second-order valence-corrected chi connectivity index (χ2v) is 9.98. The van der Waals surface area contributed by atoms with E-state index >= 15 is 0 Å². The van der Waals surface area contributed by atoms with Crippen LogP contribution in [0.25, 0.3) is 0 Å². The fourth-order valence-corrected chi connectivity index (χ4v) is 5.11. The number of imidazole rings is 1. The molecule has 2 heterocycles. The van der Waals surface area contributed by atoms with E-state index in [9.17, 15) is 9.18 Å². The number of carbonyl (C=O) groups excluding carboxylic acids is 1. The van der Waals surface area contributed by atoms with Crippen LogP contribution in [0.15, 0.2) is 47.1 Å². The molecule has 0 spiro atoms. The highest BCUT2D eigenvalue weighted by atomic mass is 79.9. The third-order valence-electron chi connectivity index (χ3n) is 6.72. The van der Waals surface area contributed by atoms with E-state index in [-0.39, 0.29) is 5.91 Å². The lowest BCUT2D eigenvalue weighted by molar-refractivity contribution is 0.102. The van der Waals surface area contributed by atoms with Crippen molar-refractivity contribution in [1.29, 1.82) is 0 Å². The molecular weight excluding hydrogens is 511 g/mol. The number of ether oxygens (including phenoxy) is 1. The first-order chi connectivity index (χ1) is 16.9. The number of aromatic amines is 1. The van der Waals surface area contributed by atoms with E-state index in [1.807, 2.05) is 18.2 Å². The van der Waals surface area contributed by atoms with Gasteiger partial charge < -0.3 is 14.6 Å². The van der Waals surface area contributed by atoms with Gasteiger partial charge in [-0.2, -0.15) is 0 Å². The van der Waals surface area contributed by atoms with Gasteiger partial charge in [-0.1, -0.05) is 28.4 Å². The van der Waals surface area contributed by atoms with Crippen LogP contribution in [0.1, 0.15) is 53.4 Å². The van der Waals surface area contributed by atoms with E-state index in [1.165, 1.54) is 25.3 Å². The van der Waals surface area contributed by atoms with Crippen molar-refractivity contribution < 1.29 is 13.9 Å². The number of carbonyl (C=O) groups is 1. The molecule has 2 aromatic carbocycles. The minimum absolute atomic E-state index is 0.305. The highest BCUT2D eigenvalue weighted by Gasteiger charge is 2.19. The van der Waals surface area contributed by atoms with Crippen LogP contribution >= 0.6 is 15.9 Å². The summed E-state index contributed by atoms with van der Waals surface area (Å²) in [6.07, 6.45) is 7.29. The van der Waals surface area contributed by atoms with Crippen LogP contribution in [0.5, 0.6) is 5.75 Å². The summed E-state index contributed by atoms with van der Waals surface area (Å²) in [4.78, 5) is 23.1. The van der Waals surface area contributed by atoms with Crippen molar-refractivity contribution in [3.8, 4) is 5.75 Å². The van der Waals surface area contributed by atoms with Crippen molar-refractivity contribution in [2.24, 2.45) is 0 Å². The first kappa shape index (κ1) is 25.4. The number of hydrogen-bond acceptors (Lipinski definition) is 4. The first-order valence-electron chi connectivity index (χ1n) is 12.1. The van der Waals surface area contributed by atoms with Crippen LogP contribution in [0.3, 0.4) is 0 Å². The Kier molecular flexibility index (Phi) is 8.57. The maximum atomic E-state index is 14.8. The van der Waals surface area contributed by atoms with Crippen molar-refractivity contribution in [3.05, 3.63) is 75.3 Å². The van der Waals surface area contributed by atoms with Gasteiger partial charge in [0.2, 0.25) is 5.95 Å². The molecular formula is C27H32BrFN4O2. The van der Waals surface area contributed by atoms with Crippen LogP contribution in [0.4, 0.5) is 10.3 Å². The Hall–Kier alpha value is -2.71. The van der Waals surface area contributed by atoms with Gasteiger partial charge in [0, 0.05) is 40.3 Å². The van der Waals surface area contributed by atoms with Crippen LogP contribution in [0.2, 0.25) is 0 Å². The predicted octanol–water partition coefficient (Wildman–Crippen LogP) is 5.77. The second-order valence-electron chi connectivity index (χ2n) is 9.06. The van der Waals surface area contributed by atoms with E-state index in [0.717, 1.165) is 41.0 Å². The van der Waals surface area contributed by atoms with Gasteiger partial charge in [-0.25, -0.2) is 9.37 Å². The lowest BCUT2D eigenvalue weighted by atomic mass is 9.98. The first-order valence-corrected chi connectivity index (χ1v) is 12.9. The van der Waals surface area contributed by atoms with Crippen molar-refractivity contribution in [2.75, 3.05) is 25.5 Å². The highest BCUT2D eigenvalue weighted by Crippen LogP contribution is 2.26. The zero-order valence-corrected chi connectivity index (χ0v) is 21.8. The molecule has 1 amide bonds. The molecule has 2 N–H and O–H groups in total. The fourth-order valence-electron chi connectivity index (χ4n) is 4.71. The largest absolute Gasteiger partial charge is 0.496 e. The van der Waals surface area contributed by atoms with Gasteiger partial charge in [0.05, 0.1) is 13.3 Å². The molecule has 3 aromatic rings. The molecule has 0 bridgehead atoms. The Labute approximate surface area is 214 Å². The molecule has 1 saturated heterocycles. The quantitative estimate of drug-likeness (QED) is 0.359. The van der Waals surface area contributed by atoms with Gasteiger partial charge in [-0.3, -0.25) is 10.1 Å². The van der Waals surface area contributed by atoms with E-state index < -0.39 is 5.82 Å². The van der Waals surface area contributed by atoms with Crippen molar-refractivity contribution >= 4 is 27.8 Å². The Balaban J connectivity index is 1.41. The Bertz CT molecular complexity index is 1170. The standard InChI is InChI=1S/C27H32BrFN4O2/c1-18-6-3-4-14-33(18)15-13-21-17-30-27(31-21)32-26(34)23-7-5-8-24(29)22(23)11-9-19-16-20(28)10-12-25(19)35-2/h5,7-8,10,12,16-18H,3-4,6,9,11,13-15H2,1-2H3,(H2,30,31,32,34). The number of methoxy groups -OCH3 is 1. The van der Waals surface area contributed by atoms with Crippen LogP contribution < -0.4 is 10.1 Å². The Morgan fingerprint density at radius 1 is 1.26 bits per heavy atom. The van der Waals surface area contributed by atoms with Crippen molar-refractivity contribution in [2.45, 2.75) is 51.5 Å². The molecule has 186 valence electrons. The van der Waals surface area contributed by atoms with Gasteiger partial charge in [-0.05, 0) is 75.0 Å². The molecule has 1 atom stereocenters. The number of nitrogens with one attached hydrogen (secondary N) is 2. The maximum Gasteiger partial charge on any atom is 0.258 e. The average molecular weight is 543 g/mol. The van der Waals surface area contributed by atoms with Crippen LogP contribution in [-0.2, 0) is 19.3 Å². The van der Waals surface area contributed by atoms with Crippen molar-refractivity contribution in [3.63, 3.8) is 0 Å². The Morgan fingerprint density at radius 2 is 2.11 bits per heavy atom. The molecule has 8 heteroatoms. The van der Waals surface area contributed by atoms with Gasteiger partial charge in [0.25, 0.3) is 5.91 Å². The average Bonchev–Trinajstić information content (AvgIpc) is 3.30. The number of amides is 1. The molecule has 1 aromatic heterocycles. The maximum absolute atomic E-state index is 14.8. The summed E-state index contributed by atoms with van der Waals surface area (Å²) >= 11 is 3.47. The second kappa shape index (κ2) is 11.8. The fraction of sp³-hybridized carbons (Fsp3) is 0.407. The van der Waals surface area contributed by atoms with Crippen molar-refractivity contribution in [1.82, 2.24) is 14.9 Å². The number of nitrogens with zero attached hydrogens (tertiary/aromatic N) is 2. The van der Waals surface area contributed by atoms with E-state index in [4.69, 9.17) is 4.74 Å². The van der Waals surface area contributed by atoms with Gasteiger partial charge in [-0.15, -0.1) is 0 Å². The summed E-state index contributed by atoms with van der Waals surface area (Å²) < 4.78 is 21.1. The Morgan fingerprint density at radius 3 is 2.91 bits per heavy atom. The number of halogens is 2. The third-order valence-corrected chi connectivity index (χ3v) is 7.21. The topological polar surface area (TPSA) is 70.2 Å². The van der Waals surface area contributed by atoms with E-state index in [0.29, 0.717) is 36.0 Å². The monoisotopic (exact) mass is 542 g/mol. The number of likely N-dealkylation sites (tertiary alicyclic amines) is 1. The number of rotatable bonds is 9. The number of H-pyrrole nitrogens is 1. The highest BCUT2D eigenvalue weighted by molar-refractivity contribution is 9.10. The van der Waals surface area contributed by atoms with Gasteiger partial charge >= 0.3 is 0 Å². The third kappa shape index (κ3) is 6.49. The number of aromatic nitrogens is 2. The molecule has 4 rings (SSSR count). The zero-order chi connectivity index (χ0) is 24.8. The van der Waals surface area contributed by atoms with Crippen LogP contribution in [0, 0.1) is 5.82 Å². The lowest BCUT2D eigenvalue weighted by Gasteiger charge is -2.33. The summed E-state index contributed by atoms with van der Waals surface area (Å²) in [7, 11) is 1.61. The zero-order valence-electron chi connectivity index (χ0n) is 20.2. The minimum Gasteiger partial charge on any atom is -0.496 e. The molecule has 1 unspecified atom stereocenters. The van der Waals surface area contributed by atoms with Gasteiger partial charge in [0.15, 0.2) is 0 Å². The van der Waals surface area contributed by atoms with E-state index in [1.54, 1.807) is 25.4 Å². The number of benzene rings is 2. The molecule has 0 saturated carbocycles. The molecule has 0 aliphatic carbocycles. The minimum atomic E-state index is -0.401. The lowest BCUT2D eigenvalue weighted by Crippen LogP contribution is -2.38. The van der Waals surface area contributed by atoms with Crippen LogP contribution in [-0.4, -0.2) is 47.0 Å². The number of aryl methyl sites for hydroxylation is 1. The summed E-state index contributed by atoms with van der Waals surface area (Å²) in [5.74, 6) is 0.326. The molecule has 1 aliphatic rings. The number of hydrogen-bond donors (Lipinski definition) is 2. The number of piperidine rings is 1. The molecule has 0 radical (unpaired) electrons.